The molecule has 146 valence electrons. The van der Waals surface area contributed by atoms with Crippen LogP contribution in [0.15, 0.2) is 35.5 Å². The van der Waals surface area contributed by atoms with Gasteiger partial charge in [0.05, 0.1) is 16.6 Å². The molecular weight excluding hydrogens is 391 g/mol. The van der Waals surface area contributed by atoms with Crippen LogP contribution in [0.25, 0.3) is 5.69 Å². The van der Waals surface area contributed by atoms with Gasteiger partial charge in [-0.25, -0.2) is 13.2 Å². The number of thioether (sulfide) groups is 1. The average Bonchev–Trinajstić information content (AvgIpc) is 3.12. The van der Waals surface area contributed by atoms with Crippen LogP contribution in [0.5, 0.6) is 0 Å². The van der Waals surface area contributed by atoms with Crippen molar-refractivity contribution in [3.05, 3.63) is 58.9 Å². The fourth-order valence-electron chi connectivity index (χ4n) is 2.42. The van der Waals surface area contributed by atoms with E-state index in [2.05, 4.69) is 20.8 Å². The first-order valence-electron chi connectivity index (χ1n) is 8.25. The number of rotatable bonds is 5. The predicted octanol–water partition coefficient (Wildman–Crippen LogP) is 3.82. The molecule has 1 amide bonds. The van der Waals surface area contributed by atoms with Gasteiger partial charge in [-0.05, 0) is 60.5 Å². The summed E-state index contributed by atoms with van der Waals surface area (Å²) in [5.41, 5.74) is 2.30. The van der Waals surface area contributed by atoms with Crippen molar-refractivity contribution >= 4 is 23.4 Å². The van der Waals surface area contributed by atoms with Crippen molar-refractivity contribution in [1.29, 1.82) is 0 Å². The Morgan fingerprint density at radius 3 is 2.64 bits per heavy atom. The van der Waals surface area contributed by atoms with Crippen molar-refractivity contribution in [2.75, 3.05) is 5.32 Å². The molecule has 2 aromatic carbocycles. The highest BCUT2D eigenvalue weighted by molar-refractivity contribution is 8.00. The van der Waals surface area contributed by atoms with Crippen LogP contribution in [0.2, 0.25) is 0 Å². The second-order valence-electron chi connectivity index (χ2n) is 6.14. The summed E-state index contributed by atoms with van der Waals surface area (Å²) in [6.07, 6.45) is 0. The number of carbonyl (C=O) groups is 1. The van der Waals surface area contributed by atoms with Gasteiger partial charge in [0.25, 0.3) is 0 Å². The zero-order valence-electron chi connectivity index (χ0n) is 15.2. The molecule has 0 spiro atoms. The summed E-state index contributed by atoms with van der Waals surface area (Å²) >= 11 is 1.05. The number of benzene rings is 2. The van der Waals surface area contributed by atoms with Crippen LogP contribution in [-0.4, -0.2) is 31.4 Å². The maximum atomic E-state index is 13.8. The highest BCUT2D eigenvalue weighted by atomic mass is 32.2. The van der Waals surface area contributed by atoms with Gasteiger partial charge < -0.3 is 5.32 Å². The third kappa shape index (κ3) is 4.01. The summed E-state index contributed by atoms with van der Waals surface area (Å²) in [5, 5.41) is 13.4. The van der Waals surface area contributed by atoms with Gasteiger partial charge in [-0.2, -0.15) is 4.68 Å². The van der Waals surface area contributed by atoms with Crippen molar-refractivity contribution < 1.29 is 18.0 Å². The Kier molecular flexibility index (Phi) is 5.68. The van der Waals surface area contributed by atoms with Crippen LogP contribution < -0.4 is 5.32 Å². The number of tetrazole rings is 1. The van der Waals surface area contributed by atoms with E-state index in [0.29, 0.717) is 5.16 Å². The standard InChI is InChI=1S/C18H16F3N5OS/c1-9-4-5-10(2)14(8-9)26-18(23-24-25-26)28-11(3)17(27)22-13-7-6-12(19)15(20)16(13)21/h4-8,11H,1-3H3,(H,22,27)/t11-/m0/s1. The second-order valence-corrected chi connectivity index (χ2v) is 7.44. The second kappa shape index (κ2) is 8.01. The van der Waals surface area contributed by atoms with E-state index in [1.54, 1.807) is 6.92 Å². The monoisotopic (exact) mass is 407 g/mol. The summed E-state index contributed by atoms with van der Waals surface area (Å²) in [6, 6.07) is 7.51. The zero-order valence-corrected chi connectivity index (χ0v) is 16.0. The third-order valence-corrected chi connectivity index (χ3v) is 5.01. The number of aryl methyl sites for hydroxylation is 2. The molecule has 6 nitrogen and oxygen atoms in total. The average molecular weight is 407 g/mol. The van der Waals surface area contributed by atoms with Gasteiger partial charge in [-0.1, -0.05) is 23.9 Å². The molecule has 0 aliphatic rings. The smallest absolute Gasteiger partial charge is 0.237 e. The number of anilines is 1. The molecule has 1 N–H and O–H groups in total. The molecule has 0 bridgehead atoms. The molecule has 0 saturated carbocycles. The van der Waals surface area contributed by atoms with E-state index < -0.39 is 34.3 Å². The first-order valence-corrected chi connectivity index (χ1v) is 9.13. The zero-order chi connectivity index (χ0) is 20.4. The van der Waals surface area contributed by atoms with E-state index in [-0.39, 0.29) is 0 Å². The number of carbonyl (C=O) groups excluding carboxylic acids is 1. The minimum absolute atomic E-state index is 0.363. The normalized spacial score (nSPS) is 12.1. The number of nitrogens with zero attached hydrogens (tertiary/aromatic N) is 4. The van der Waals surface area contributed by atoms with Crippen LogP contribution in [0.1, 0.15) is 18.1 Å². The summed E-state index contributed by atoms with van der Waals surface area (Å²) < 4.78 is 41.6. The molecule has 1 atom stereocenters. The molecule has 3 rings (SSSR count). The molecule has 10 heteroatoms. The van der Waals surface area contributed by atoms with E-state index >= 15 is 0 Å². The quantitative estimate of drug-likeness (QED) is 0.514. The fraction of sp³-hybridized carbons (Fsp3) is 0.222. The number of nitrogens with one attached hydrogen (secondary N) is 1. The number of aromatic nitrogens is 4. The largest absolute Gasteiger partial charge is 0.323 e. The molecule has 0 aliphatic heterocycles. The number of hydrogen-bond donors (Lipinski definition) is 1. The van der Waals surface area contributed by atoms with E-state index in [1.807, 2.05) is 32.0 Å². The third-order valence-electron chi connectivity index (χ3n) is 3.98. The van der Waals surface area contributed by atoms with Crippen LogP contribution in [0.3, 0.4) is 0 Å². The Morgan fingerprint density at radius 1 is 1.14 bits per heavy atom. The van der Waals surface area contributed by atoms with Gasteiger partial charge >= 0.3 is 0 Å². The summed E-state index contributed by atoms with van der Waals surface area (Å²) in [7, 11) is 0. The lowest BCUT2D eigenvalue weighted by Gasteiger charge is -2.13. The molecule has 0 radical (unpaired) electrons. The topological polar surface area (TPSA) is 72.7 Å². The first-order chi connectivity index (χ1) is 13.3. The van der Waals surface area contributed by atoms with Gasteiger partial charge in [0, 0.05) is 0 Å². The lowest BCUT2D eigenvalue weighted by molar-refractivity contribution is -0.115. The van der Waals surface area contributed by atoms with Crippen LogP contribution in [-0.2, 0) is 4.79 Å². The Bertz CT molecular complexity index is 1040. The highest BCUT2D eigenvalue weighted by Gasteiger charge is 2.22. The Morgan fingerprint density at radius 2 is 1.89 bits per heavy atom. The van der Waals surface area contributed by atoms with Crippen molar-refractivity contribution in [1.82, 2.24) is 20.2 Å². The van der Waals surface area contributed by atoms with Crippen LogP contribution >= 0.6 is 11.8 Å². The van der Waals surface area contributed by atoms with E-state index in [4.69, 9.17) is 0 Å². The fourth-order valence-corrected chi connectivity index (χ4v) is 3.22. The molecule has 0 saturated heterocycles. The van der Waals surface area contributed by atoms with Crippen molar-refractivity contribution in [3.63, 3.8) is 0 Å². The SMILES string of the molecule is Cc1ccc(C)c(-n2nnnc2S[C@@H](C)C(=O)Nc2ccc(F)c(F)c2F)c1. The molecule has 0 fully saturated rings. The molecule has 1 aromatic heterocycles. The number of hydrogen-bond acceptors (Lipinski definition) is 5. The first kappa shape index (κ1) is 19.9. The van der Waals surface area contributed by atoms with Crippen molar-refractivity contribution in [2.45, 2.75) is 31.2 Å². The maximum absolute atomic E-state index is 13.8. The summed E-state index contributed by atoms with van der Waals surface area (Å²) in [6.45, 7) is 5.42. The predicted molar refractivity (Wildman–Crippen MR) is 98.9 cm³/mol. The summed E-state index contributed by atoms with van der Waals surface area (Å²) in [4.78, 5) is 12.4. The van der Waals surface area contributed by atoms with E-state index in [0.717, 1.165) is 40.7 Å². The Hall–Kier alpha value is -2.88. The Balaban J connectivity index is 1.78. The molecule has 3 aromatic rings. The molecule has 0 aliphatic carbocycles. The van der Waals surface area contributed by atoms with Crippen LogP contribution in [0.4, 0.5) is 18.9 Å². The van der Waals surface area contributed by atoms with Gasteiger partial charge in [-0.15, -0.1) is 5.10 Å². The minimum Gasteiger partial charge on any atom is -0.323 e. The Labute approximate surface area is 163 Å². The maximum Gasteiger partial charge on any atom is 0.237 e. The van der Waals surface area contributed by atoms with E-state index in [1.165, 1.54) is 4.68 Å². The van der Waals surface area contributed by atoms with Gasteiger partial charge in [-0.3, -0.25) is 4.79 Å². The minimum atomic E-state index is -1.64. The molecule has 28 heavy (non-hydrogen) atoms. The molecule has 0 unspecified atom stereocenters. The van der Waals surface area contributed by atoms with Crippen molar-refractivity contribution in [3.8, 4) is 5.69 Å². The van der Waals surface area contributed by atoms with Gasteiger partial charge in [0.2, 0.25) is 11.1 Å². The highest BCUT2D eigenvalue weighted by Crippen LogP contribution is 2.26. The van der Waals surface area contributed by atoms with Crippen molar-refractivity contribution in [2.24, 2.45) is 0 Å². The molecular formula is C18H16F3N5OS. The number of halogens is 3. The number of amides is 1. The van der Waals surface area contributed by atoms with E-state index in [9.17, 15) is 18.0 Å². The lowest BCUT2D eigenvalue weighted by Crippen LogP contribution is -2.24. The lowest BCUT2D eigenvalue weighted by atomic mass is 10.1. The van der Waals surface area contributed by atoms with Crippen LogP contribution in [0, 0.1) is 31.3 Å². The molecule has 1 heterocycles. The van der Waals surface area contributed by atoms with Gasteiger partial charge in [0.1, 0.15) is 0 Å². The summed E-state index contributed by atoms with van der Waals surface area (Å²) in [5.74, 6) is -5.03. The van der Waals surface area contributed by atoms with Gasteiger partial charge in [0.15, 0.2) is 17.5 Å².